The fraction of sp³-hybridized carbons (Fsp3) is 0.208. The van der Waals surface area contributed by atoms with Crippen molar-refractivity contribution in [3.05, 3.63) is 89.2 Å². The van der Waals surface area contributed by atoms with Crippen LogP contribution in [0.15, 0.2) is 82.6 Å². The maximum Gasteiger partial charge on any atom is 0.264 e. The minimum Gasteiger partial charge on any atom is -0.354 e. The van der Waals surface area contributed by atoms with Crippen LogP contribution in [0.3, 0.4) is 0 Å². The maximum atomic E-state index is 13.6. The number of benzene rings is 3. The summed E-state index contributed by atoms with van der Waals surface area (Å²) in [7, 11) is -4.07. The van der Waals surface area contributed by atoms with E-state index in [1.807, 2.05) is 19.1 Å². The smallest absolute Gasteiger partial charge is 0.264 e. The van der Waals surface area contributed by atoms with E-state index >= 15 is 0 Å². The summed E-state index contributed by atoms with van der Waals surface area (Å²) in [4.78, 5) is 13.8. The first-order valence-corrected chi connectivity index (χ1v) is 13.1. The zero-order valence-electron chi connectivity index (χ0n) is 18.0. The number of thioether (sulfide) groups is 1. The van der Waals surface area contributed by atoms with Gasteiger partial charge in [-0.3, -0.25) is 9.10 Å². The molecule has 5 nitrogen and oxygen atoms in total. The topological polar surface area (TPSA) is 66.5 Å². The molecule has 0 saturated carbocycles. The summed E-state index contributed by atoms with van der Waals surface area (Å²) in [6.07, 6.45) is 0.720. The summed E-state index contributed by atoms with van der Waals surface area (Å²) in [5.74, 6) is -0.327. The van der Waals surface area contributed by atoms with Gasteiger partial charge in [0, 0.05) is 11.4 Å². The van der Waals surface area contributed by atoms with Crippen LogP contribution in [0.2, 0.25) is 5.02 Å². The second-order valence-electron chi connectivity index (χ2n) is 7.29. The molecule has 0 aliphatic rings. The van der Waals surface area contributed by atoms with Crippen LogP contribution in [0.5, 0.6) is 0 Å². The maximum absolute atomic E-state index is 13.6. The number of nitrogens with one attached hydrogen (secondary N) is 1. The van der Waals surface area contributed by atoms with Crippen molar-refractivity contribution in [2.45, 2.75) is 23.1 Å². The second-order valence-corrected chi connectivity index (χ2v) is 10.7. The molecule has 3 aromatic rings. The Balaban J connectivity index is 1.65. The third-order valence-corrected chi connectivity index (χ3v) is 7.92. The summed E-state index contributed by atoms with van der Waals surface area (Å²) in [6, 6.07) is 19.5. The molecule has 0 atom stereocenters. The number of amides is 1. The molecule has 0 saturated heterocycles. The van der Waals surface area contributed by atoms with Gasteiger partial charge in [-0.1, -0.05) is 47.5 Å². The molecule has 3 rings (SSSR count). The van der Waals surface area contributed by atoms with Gasteiger partial charge >= 0.3 is 0 Å². The SMILES string of the molecule is Cc1ccc(SCCCNC(=O)CN(c2ccc(F)c(Cl)c2)S(=O)(=O)c2ccccc2)cc1. The zero-order valence-corrected chi connectivity index (χ0v) is 20.4. The number of halogens is 2. The van der Waals surface area contributed by atoms with E-state index in [9.17, 15) is 17.6 Å². The minimum absolute atomic E-state index is 0.0211. The molecule has 0 unspecified atom stereocenters. The van der Waals surface area contributed by atoms with Gasteiger partial charge in [-0.15, -0.1) is 11.8 Å². The third kappa shape index (κ3) is 6.96. The molecule has 0 radical (unpaired) electrons. The van der Waals surface area contributed by atoms with Crippen molar-refractivity contribution in [2.24, 2.45) is 0 Å². The highest BCUT2D eigenvalue weighted by Crippen LogP contribution is 2.27. The molecule has 0 aromatic heterocycles. The lowest BCUT2D eigenvalue weighted by Gasteiger charge is -2.24. The number of carbonyl (C=O) groups excluding carboxylic acids is 1. The number of aryl methyl sites for hydroxylation is 1. The molecule has 1 amide bonds. The van der Waals surface area contributed by atoms with Crippen LogP contribution in [0.25, 0.3) is 0 Å². The van der Waals surface area contributed by atoms with Crippen LogP contribution in [0.1, 0.15) is 12.0 Å². The lowest BCUT2D eigenvalue weighted by molar-refractivity contribution is -0.119. The monoisotopic (exact) mass is 506 g/mol. The Kier molecular flexibility index (Phi) is 8.77. The first-order valence-electron chi connectivity index (χ1n) is 10.3. The minimum atomic E-state index is -4.07. The summed E-state index contributed by atoms with van der Waals surface area (Å²) in [6.45, 7) is 1.98. The lowest BCUT2D eigenvalue weighted by Crippen LogP contribution is -2.41. The Bertz CT molecular complexity index is 1190. The van der Waals surface area contributed by atoms with Gasteiger partial charge in [0.05, 0.1) is 15.6 Å². The molecule has 0 fully saturated rings. The van der Waals surface area contributed by atoms with Crippen molar-refractivity contribution in [1.82, 2.24) is 5.32 Å². The van der Waals surface area contributed by atoms with E-state index in [4.69, 9.17) is 11.6 Å². The molecule has 0 aliphatic heterocycles. The molecule has 33 heavy (non-hydrogen) atoms. The first kappa shape index (κ1) is 25.1. The average Bonchev–Trinajstić information content (AvgIpc) is 2.81. The summed E-state index contributed by atoms with van der Waals surface area (Å²) in [5, 5.41) is 2.53. The Labute approximate surface area is 203 Å². The van der Waals surface area contributed by atoms with Crippen LogP contribution < -0.4 is 9.62 Å². The van der Waals surface area contributed by atoms with Crippen molar-refractivity contribution in [3.8, 4) is 0 Å². The Hall–Kier alpha value is -2.55. The fourth-order valence-corrected chi connectivity index (χ4v) is 5.45. The van der Waals surface area contributed by atoms with E-state index in [1.165, 1.54) is 29.8 Å². The Morgan fingerprint density at radius 3 is 2.42 bits per heavy atom. The molecule has 1 N–H and O–H groups in total. The lowest BCUT2D eigenvalue weighted by atomic mass is 10.2. The number of nitrogens with zero attached hydrogens (tertiary/aromatic N) is 1. The van der Waals surface area contributed by atoms with E-state index in [-0.39, 0.29) is 15.6 Å². The van der Waals surface area contributed by atoms with Crippen LogP contribution in [0.4, 0.5) is 10.1 Å². The largest absolute Gasteiger partial charge is 0.354 e. The van der Waals surface area contributed by atoms with Gasteiger partial charge in [0.1, 0.15) is 12.4 Å². The van der Waals surface area contributed by atoms with Gasteiger partial charge < -0.3 is 5.32 Å². The van der Waals surface area contributed by atoms with E-state index < -0.39 is 28.3 Å². The van der Waals surface area contributed by atoms with Crippen LogP contribution in [0, 0.1) is 12.7 Å². The molecule has 0 aliphatic carbocycles. The van der Waals surface area contributed by atoms with E-state index in [0.29, 0.717) is 6.54 Å². The Morgan fingerprint density at radius 2 is 1.76 bits per heavy atom. The zero-order chi connectivity index (χ0) is 23.8. The molecule has 0 heterocycles. The van der Waals surface area contributed by atoms with E-state index in [0.717, 1.165) is 27.4 Å². The average molecular weight is 507 g/mol. The fourth-order valence-electron chi connectivity index (χ4n) is 2.99. The number of hydrogen-bond acceptors (Lipinski definition) is 4. The number of hydrogen-bond donors (Lipinski definition) is 1. The van der Waals surface area contributed by atoms with Crippen molar-refractivity contribution in [2.75, 3.05) is 23.1 Å². The van der Waals surface area contributed by atoms with Gasteiger partial charge in [0.15, 0.2) is 0 Å². The summed E-state index contributed by atoms with van der Waals surface area (Å²) in [5.41, 5.74) is 1.30. The summed E-state index contributed by atoms with van der Waals surface area (Å²) >= 11 is 7.56. The van der Waals surface area contributed by atoms with Gasteiger partial charge in [0.25, 0.3) is 10.0 Å². The molecule has 3 aromatic carbocycles. The predicted octanol–water partition coefficient (Wildman–Crippen LogP) is 5.28. The summed E-state index contributed by atoms with van der Waals surface area (Å²) < 4.78 is 41.0. The normalized spacial score (nSPS) is 11.2. The van der Waals surface area contributed by atoms with Crippen molar-refractivity contribution in [3.63, 3.8) is 0 Å². The second kappa shape index (κ2) is 11.5. The molecular weight excluding hydrogens is 483 g/mol. The number of sulfonamides is 1. The Morgan fingerprint density at radius 1 is 1.06 bits per heavy atom. The molecule has 9 heteroatoms. The highest BCUT2D eigenvalue weighted by Gasteiger charge is 2.27. The van der Waals surface area contributed by atoms with Crippen LogP contribution in [-0.2, 0) is 14.8 Å². The molecular formula is C24H24ClFN2O3S2. The third-order valence-electron chi connectivity index (χ3n) is 4.74. The molecule has 174 valence electrons. The van der Waals surface area contributed by atoms with Crippen molar-refractivity contribution < 1.29 is 17.6 Å². The molecule has 0 bridgehead atoms. The highest BCUT2D eigenvalue weighted by atomic mass is 35.5. The van der Waals surface area contributed by atoms with Gasteiger partial charge in [-0.25, -0.2) is 12.8 Å². The predicted molar refractivity (Wildman–Crippen MR) is 132 cm³/mol. The number of rotatable bonds is 10. The molecule has 0 spiro atoms. The van der Waals surface area contributed by atoms with Crippen LogP contribution >= 0.6 is 23.4 Å². The van der Waals surface area contributed by atoms with Gasteiger partial charge in [-0.2, -0.15) is 0 Å². The van der Waals surface area contributed by atoms with Gasteiger partial charge in [0.2, 0.25) is 5.91 Å². The van der Waals surface area contributed by atoms with Crippen molar-refractivity contribution in [1.29, 1.82) is 0 Å². The van der Waals surface area contributed by atoms with Gasteiger partial charge in [-0.05, 0) is 61.6 Å². The first-order chi connectivity index (χ1) is 15.8. The standard InChI is InChI=1S/C24H24ClFN2O3S2/c1-18-8-11-20(12-9-18)32-15-5-14-27-24(29)17-28(19-10-13-23(26)22(25)16-19)33(30,31)21-6-3-2-4-7-21/h2-4,6-13,16H,5,14-15,17H2,1H3,(H,27,29). The van der Waals surface area contributed by atoms with Crippen molar-refractivity contribution >= 4 is 45.0 Å². The highest BCUT2D eigenvalue weighted by molar-refractivity contribution is 7.99. The van der Waals surface area contributed by atoms with E-state index in [2.05, 4.69) is 17.4 Å². The number of anilines is 1. The quantitative estimate of drug-likeness (QED) is 0.300. The van der Waals surface area contributed by atoms with E-state index in [1.54, 1.807) is 30.0 Å². The number of carbonyl (C=O) groups is 1. The van der Waals surface area contributed by atoms with Crippen LogP contribution in [-0.4, -0.2) is 33.2 Å².